The third-order valence-corrected chi connectivity index (χ3v) is 3.58. The summed E-state index contributed by atoms with van der Waals surface area (Å²) in [5, 5.41) is 8.10. The van der Waals surface area contributed by atoms with E-state index in [1.165, 1.54) is 57.8 Å². The first-order valence-corrected chi connectivity index (χ1v) is 9.72. The lowest BCUT2D eigenvalue weighted by Gasteiger charge is -2.04. The molecule has 0 heterocycles. The molecule has 0 atom stereocenters. The lowest BCUT2D eigenvalue weighted by atomic mass is 10.1. The molecule has 0 aromatic heterocycles. The SMILES string of the molecule is C=C(C)C(=O)OCCCCCCCCCCCC.C=CC(=O)OCCO. The van der Waals surface area contributed by atoms with Gasteiger partial charge in [-0.05, 0) is 13.3 Å². The number of carbonyl (C=O) groups excluding carboxylic acids is 2. The molecule has 1 N–H and O–H groups in total. The highest BCUT2D eigenvalue weighted by Crippen LogP contribution is 2.10. The summed E-state index contributed by atoms with van der Waals surface area (Å²) in [5.74, 6) is -0.759. The molecule has 0 saturated carbocycles. The number of esters is 2. The van der Waals surface area contributed by atoms with Gasteiger partial charge in [-0.15, -0.1) is 0 Å². The zero-order valence-electron chi connectivity index (χ0n) is 16.8. The standard InChI is InChI=1S/C16H30O2.C5H8O3/c1-4-5-6-7-8-9-10-11-12-13-14-18-16(17)15(2)3;1-2-5(7)8-4-3-6/h2,4-14H2,1,3H3;2,6H,1,3-4H2. The molecule has 0 aromatic carbocycles. The predicted molar refractivity (Wildman–Crippen MR) is 106 cm³/mol. The maximum Gasteiger partial charge on any atom is 0.333 e. The highest BCUT2D eigenvalue weighted by atomic mass is 16.5. The van der Waals surface area contributed by atoms with E-state index in [1.54, 1.807) is 6.92 Å². The van der Waals surface area contributed by atoms with Gasteiger partial charge in [-0.1, -0.05) is 77.9 Å². The second-order valence-electron chi connectivity index (χ2n) is 6.19. The average Bonchev–Trinajstić information content (AvgIpc) is 2.64. The van der Waals surface area contributed by atoms with E-state index >= 15 is 0 Å². The molecule has 5 heteroatoms. The van der Waals surface area contributed by atoms with Crippen molar-refractivity contribution in [1.82, 2.24) is 0 Å². The van der Waals surface area contributed by atoms with Gasteiger partial charge in [0.2, 0.25) is 0 Å². The van der Waals surface area contributed by atoms with Crippen molar-refractivity contribution in [1.29, 1.82) is 0 Å². The molecule has 0 aromatic rings. The van der Waals surface area contributed by atoms with Gasteiger partial charge in [-0.2, -0.15) is 0 Å². The largest absolute Gasteiger partial charge is 0.462 e. The molecule has 0 unspecified atom stereocenters. The van der Waals surface area contributed by atoms with Crippen molar-refractivity contribution in [3.63, 3.8) is 0 Å². The Labute approximate surface area is 159 Å². The first kappa shape index (κ1) is 26.6. The number of ether oxygens (including phenoxy) is 2. The molecular formula is C21H38O5. The Kier molecular flexibility index (Phi) is 21.9. The first-order valence-electron chi connectivity index (χ1n) is 9.72. The Hall–Kier alpha value is -1.62. The van der Waals surface area contributed by atoms with Crippen LogP contribution >= 0.6 is 0 Å². The molecule has 0 saturated heterocycles. The highest BCUT2D eigenvalue weighted by molar-refractivity contribution is 5.86. The Morgan fingerprint density at radius 3 is 1.81 bits per heavy atom. The van der Waals surface area contributed by atoms with Crippen molar-refractivity contribution < 1.29 is 24.2 Å². The Morgan fingerprint density at radius 2 is 1.38 bits per heavy atom. The van der Waals surface area contributed by atoms with E-state index in [4.69, 9.17) is 9.84 Å². The van der Waals surface area contributed by atoms with Crippen LogP contribution in [-0.4, -0.2) is 36.9 Å². The third kappa shape index (κ3) is 22.4. The van der Waals surface area contributed by atoms with Crippen molar-refractivity contribution in [2.24, 2.45) is 0 Å². The van der Waals surface area contributed by atoms with E-state index < -0.39 is 5.97 Å². The maximum absolute atomic E-state index is 11.1. The van der Waals surface area contributed by atoms with E-state index in [0.717, 1.165) is 12.5 Å². The zero-order valence-corrected chi connectivity index (χ0v) is 16.8. The lowest BCUT2D eigenvalue weighted by Crippen LogP contribution is -2.05. The molecule has 152 valence electrons. The topological polar surface area (TPSA) is 72.8 Å². The van der Waals surface area contributed by atoms with E-state index in [-0.39, 0.29) is 19.2 Å². The Morgan fingerprint density at radius 1 is 0.885 bits per heavy atom. The quantitative estimate of drug-likeness (QED) is 0.256. The van der Waals surface area contributed by atoms with Crippen LogP contribution in [0.4, 0.5) is 0 Å². The van der Waals surface area contributed by atoms with Crippen LogP contribution in [0, 0.1) is 0 Å². The Balaban J connectivity index is 0. The molecule has 0 spiro atoms. The Bertz CT molecular complexity index is 377. The summed E-state index contributed by atoms with van der Waals surface area (Å²) in [6.07, 6.45) is 14.0. The van der Waals surface area contributed by atoms with Gasteiger partial charge >= 0.3 is 11.9 Å². The number of unbranched alkanes of at least 4 members (excludes halogenated alkanes) is 9. The van der Waals surface area contributed by atoms with Crippen molar-refractivity contribution in [3.05, 3.63) is 24.8 Å². The summed E-state index contributed by atoms with van der Waals surface area (Å²) < 4.78 is 9.37. The second kappa shape index (κ2) is 21.4. The van der Waals surface area contributed by atoms with Gasteiger partial charge in [-0.25, -0.2) is 9.59 Å². The molecule has 0 fully saturated rings. The molecule has 5 nitrogen and oxygen atoms in total. The van der Waals surface area contributed by atoms with Crippen molar-refractivity contribution in [2.45, 2.75) is 78.1 Å². The number of aliphatic hydroxyl groups is 1. The first-order chi connectivity index (χ1) is 12.5. The molecule has 0 amide bonds. The molecule has 0 radical (unpaired) electrons. The summed E-state index contributed by atoms with van der Waals surface area (Å²) in [6, 6.07) is 0. The molecule has 0 rings (SSSR count). The van der Waals surface area contributed by atoms with Gasteiger partial charge in [0, 0.05) is 11.6 Å². The third-order valence-electron chi connectivity index (χ3n) is 3.58. The lowest BCUT2D eigenvalue weighted by molar-refractivity contribution is -0.139. The molecule has 0 aliphatic carbocycles. The number of carbonyl (C=O) groups is 2. The smallest absolute Gasteiger partial charge is 0.333 e. The van der Waals surface area contributed by atoms with Crippen LogP contribution < -0.4 is 0 Å². The minimum atomic E-state index is -0.501. The number of rotatable bonds is 15. The van der Waals surface area contributed by atoms with Crippen LogP contribution in [0.1, 0.15) is 78.1 Å². The molecule has 0 aliphatic heterocycles. The monoisotopic (exact) mass is 370 g/mol. The van der Waals surface area contributed by atoms with Crippen molar-refractivity contribution in [3.8, 4) is 0 Å². The predicted octanol–water partition coefficient (Wildman–Crippen LogP) is 4.73. The highest BCUT2D eigenvalue weighted by Gasteiger charge is 2.01. The summed E-state index contributed by atoms with van der Waals surface area (Å²) in [5.41, 5.74) is 0.488. The normalized spacial score (nSPS) is 9.65. The molecule has 0 bridgehead atoms. The van der Waals surface area contributed by atoms with Crippen LogP contribution in [0.3, 0.4) is 0 Å². The van der Waals surface area contributed by atoms with Gasteiger partial charge in [0.25, 0.3) is 0 Å². The van der Waals surface area contributed by atoms with Crippen LogP contribution in [0.2, 0.25) is 0 Å². The van der Waals surface area contributed by atoms with Gasteiger partial charge in [0.15, 0.2) is 0 Å². The fraction of sp³-hybridized carbons (Fsp3) is 0.714. The molecule has 0 aliphatic rings. The van der Waals surface area contributed by atoms with E-state index in [1.807, 2.05) is 0 Å². The van der Waals surface area contributed by atoms with E-state index in [2.05, 4.69) is 24.8 Å². The van der Waals surface area contributed by atoms with Gasteiger partial charge in [0.05, 0.1) is 13.2 Å². The minimum absolute atomic E-state index is 0.0465. The molecule has 26 heavy (non-hydrogen) atoms. The summed E-state index contributed by atoms with van der Waals surface area (Å²) >= 11 is 0. The second-order valence-corrected chi connectivity index (χ2v) is 6.19. The van der Waals surface area contributed by atoms with Gasteiger partial charge < -0.3 is 14.6 Å². The van der Waals surface area contributed by atoms with Gasteiger partial charge in [-0.3, -0.25) is 0 Å². The van der Waals surface area contributed by atoms with Crippen LogP contribution in [-0.2, 0) is 19.1 Å². The summed E-state index contributed by atoms with van der Waals surface area (Å²) in [4.78, 5) is 21.2. The number of hydrogen-bond donors (Lipinski definition) is 1. The maximum atomic E-state index is 11.1. The van der Waals surface area contributed by atoms with E-state index in [0.29, 0.717) is 12.2 Å². The molecular weight excluding hydrogens is 332 g/mol. The van der Waals surface area contributed by atoms with Crippen LogP contribution in [0.15, 0.2) is 24.8 Å². The summed E-state index contributed by atoms with van der Waals surface area (Å²) in [7, 11) is 0. The zero-order chi connectivity index (χ0) is 20.0. The number of hydrogen-bond acceptors (Lipinski definition) is 5. The van der Waals surface area contributed by atoms with Crippen LogP contribution in [0.25, 0.3) is 0 Å². The summed E-state index contributed by atoms with van der Waals surface area (Å²) in [6.45, 7) is 11.1. The fourth-order valence-corrected chi connectivity index (χ4v) is 2.08. The van der Waals surface area contributed by atoms with Crippen molar-refractivity contribution >= 4 is 11.9 Å². The fourth-order valence-electron chi connectivity index (χ4n) is 2.08. The average molecular weight is 371 g/mol. The van der Waals surface area contributed by atoms with Crippen molar-refractivity contribution in [2.75, 3.05) is 19.8 Å². The van der Waals surface area contributed by atoms with Gasteiger partial charge in [0.1, 0.15) is 6.61 Å². The number of aliphatic hydroxyl groups excluding tert-OH is 1. The van der Waals surface area contributed by atoms with E-state index in [9.17, 15) is 9.59 Å². The van der Waals surface area contributed by atoms with Crippen LogP contribution in [0.5, 0.6) is 0 Å². The minimum Gasteiger partial charge on any atom is -0.462 e.